The van der Waals surface area contributed by atoms with Crippen LogP contribution in [0.2, 0.25) is 0 Å². The Bertz CT molecular complexity index is 579. The summed E-state index contributed by atoms with van der Waals surface area (Å²) < 4.78 is 10.0. The van der Waals surface area contributed by atoms with Gasteiger partial charge >= 0.3 is 12.0 Å². The number of methoxy groups -OCH3 is 1. The van der Waals surface area contributed by atoms with Crippen LogP contribution < -0.4 is 5.32 Å². The lowest BCUT2D eigenvalue weighted by Crippen LogP contribution is -2.40. The first kappa shape index (κ1) is 14.9. The molecule has 22 heavy (non-hydrogen) atoms. The molecule has 1 aliphatic carbocycles. The van der Waals surface area contributed by atoms with E-state index < -0.39 is 0 Å². The van der Waals surface area contributed by atoms with Gasteiger partial charge in [-0.25, -0.2) is 4.79 Å². The molecule has 7 heteroatoms. The lowest BCUT2D eigenvalue weighted by molar-refractivity contribution is -0.141. The predicted octanol–water partition coefficient (Wildman–Crippen LogP) is 2.42. The van der Waals surface area contributed by atoms with Crippen LogP contribution in [0.25, 0.3) is 0 Å². The molecule has 1 atom stereocenters. The second kappa shape index (κ2) is 5.98. The molecule has 1 saturated heterocycles. The van der Waals surface area contributed by atoms with Crippen LogP contribution in [0, 0.1) is 6.92 Å². The Morgan fingerprint density at radius 3 is 2.86 bits per heavy atom. The van der Waals surface area contributed by atoms with Gasteiger partial charge in [0.25, 0.3) is 0 Å². The number of ether oxygens (including phenoxy) is 1. The van der Waals surface area contributed by atoms with E-state index in [1.807, 2.05) is 6.92 Å². The van der Waals surface area contributed by atoms with Crippen molar-refractivity contribution >= 4 is 17.7 Å². The number of hydrogen-bond acceptors (Lipinski definition) is 5. The van der Waals surface area contributed by atoms with Crippen LogP contribution in [-0.2, 0) is 9.53 Å². The van der Waals surface area contributed by atoms with E-state index in [4.69, 9.17) is 9.26 Å². The summed E-state index contributed by atoms with van der Waals surface area (Å²) in [6.45, 7) is 2.47. The van der Waals surface area contributed by atoms with Crippen molar-refractivity contribution in [3.63, 3.8) is 0 Å². The van der Waals surface area contributed by atoms with Gasteiger partial charge in [0.1, 0.15) is 11.4 Å². The maximum absolute atomic E-state index is 12.5. The Morgan fingerprint density at radius 1 is 1.41 bits per heavy atom. The molecule has 1 saturated carbocycles. The Balaban J connectivity index is 1.68. The number of carbonyl (C=O) groups excluding carboxylic acids is 2. The van der Waals surface area contributed by atoms with Gasteiger partial charge in [0.05, 0.1) is 13.5 Å². The second-order valence-corrected chi connectivity index (χ2v) is 5.98. The van der Waals surface area contributed by atoms with E-state index in [-0.39, 0.29) is 24.5 Å². The fourth-order valence-electron chi connectivity index (χ4n) is 2.93. The molecule has 0 bridgehead atoms. The average Bonchev–Trinajstić information content (AvgIpc) is 3.14. The van der Waals surface area contributed by atoms with E-state index in [1.165, 1.54) is 7.11 Å². The van der Waals surface area contributed by atoms with E-state index in [0.717, 1.165) is 31.4 Å². The highest BCUT2D eigenvalue weighted by Crippen LogP contribution is 2.44. The van der Waals surface area contributed by atoms with E-state index in [2.05, 4.69) is 10.5 Å². The molecule has 1 aromatic rings. The van der Waals surface area contributed by atoms with Crippen LogP contribution in [0.4, 0.5) is 10.5 Å². The Kier molecular flexibility index (Phi) is 4.04. The van der Waals surface area contributed by atoms with Crippen molar-refractivity contribution in [2.75, 3.05) is 19.0 Å². The molecule has 1 aliphatic heterocycles. The number of nitrogens with zero attached hydrogens (tertiary/aromatic N) is 2. The normalized spacial score (nSPS) is 21.0. The van der Waals surface area contributed by atoms with Crippen molar-refractivity contribution in [1.29, 1.82) is 0 Å². The molecule has 0 aromatic carbocycles. The van der Waals surface area contributed by atoms with Gasteiger partial charge in [0.15, 0.2) is 5.76 Å². The predicted molar refractivity (Wildman–Crippen MR) is 78.6 cm³/mol. The summed E-state index contributed by atoms with van der Waals surface area (Å²) in [6.07, 6.45) is 4.11. The van der Waals surface area contributed by atoms with Gasteiger partial charge in [0, 0.05) is 18.5 Å². The molecule has 2 aliphatic rings. The number of anilines is 1. The summed E-state index contributed by atoms with van der Waals surface area (Å²) >= 11 is 0. The van der Waals surface area contributed by atoms with Crippen LogP contribution >= 0.6 is 0 Å². The minimum Gasteiger partial charge on any atom is -0.469 e. The van der Waals surface area contributed by atoms with Crippen molar-refractivity contribution in [3.8, 4) is 0 Å². The monoisotopic (exact) mass is 307 g/mol. The summed E-state index contributed by atoms with van der Waals surface area (Å²) in [4.78, 5) is 25.7. The third kappa shape index (κ3) is 2.93. The van der Waals surface area contributed by atoms with Gasteiger partial charge in [-0.05, 0) is 32.6 Å². The summed E-state index contributed by atoms with van der Waals surface area (Å²) in [5.74, 6) is 0.861. The van der Waals surface area contributed by atoms with Crippen LogP contribution in [0.15, 0.2) is 4.52 Å². The molecule has 0 spiro atoms. The van der Waals surface area contributed by atoms with Crippen LogP contribution in [0.3, 0.4) is 0 Å². The minimum atomic E-state index is -0.287. The topological polar surface area (TPSA) is 84.7 Å². The molecular weight excluding hydrogens is 286 g/mol. The highest BCUT2D eigenvalue weighted by atomic mass is 16.5. The molecule has 120 valence electrons. The van der Waals surface area contributed by atoms with Gasteiger partial charge in [0.2, 0.25) is 0 Å². The molecule has 3 rings (SSSR count). The lowest BCUT2D eigenvalue weighted by atomic mass is 10.1. The first-order valence-corrected chi connectivity index (χ1v) is 7.70. The van der Waals surface area contributed by atoms with E-state index in [0.29, 0.717) is 23.8 Å². The van der Waals surface area contributed by atoms with Gasteiger partial charge in [-0.1, -0.05) is 5.16 Å². The van der Waals surface area contributed by atoms with Crippen molar-refractivity contribution in [2.45, 2.75) is 51.0 Å². The quantitative estimate of drug-likeness (QED) is 0.863. The van der Waals surface area contributed by atoms with Crippen LogP contribution in [0.5, 0.6) is 0 Å². The zero-order valence-corrected chi connectivity index (χ0v) is 12.9. The Labute approximate surface area is 129 Å². The van der Waals surface area contributed by atoms with Crippen molar-refractivity contribution in [3.05, 3.63) is 11.5 Å². The molecule has 1 aromatic heterocycles. The number of amides is 2. The number of urea groups is 1. The first-order chi connectivity index (χ1) is 10.6. The number of likely N-dealkylation sites (tertiary alicyclic amines) is 1. The maximum Gasteiger partial charge on any atom is 0.322 e. The largest absolute Gasteiger partial charge is 0.469 e. The smallest absolute Gasteiger partial charge is 0.322 e. The molecular formula is C15H21N3O4. The molecule has 1 unspecified atom stereocenters. The van der Waals surface area contributed by atoms with Crippen molar-refractivity contribution < 1.29 is 18.8 Å². The van der Waals surface area contributed by atoms with Crippen LogP contribution in [-0.4, -0.2) is 41.8 Å². The number of aromatic nitrogens is 1. The standard InChI is InChI=1S/C15H21N3O4/c1-9-13(14(22-17-9)10-5-6-10)16-15(20)18-7-3-4-11(18)8-12(19)21-2/h10-11H,3-8H2,1-2H3,(H,16,20). The van der Waals surface area contributed by atoms with Gasteiger partial charge in [-0.2, -0.15) is 0 Å². The molecule has 2 amide bonds. The van der Waals surface area contributed by atoms with Gasteiger partial charge < -0.3 is 19.5 Å². The number of esters is 1. The molecule has 1 N–H and O–H groups in total. The van der Waals surface area contributed by atoms with Crippen LogP contribution in [0.1, 0.15) is 49.5 Å². The van der Waals surface area contributed by atoms with Gasteiger partial charge in [-0.3, -0.25) is 4.79 Å². The lowest BCUT2D eigenvalue weighted by Gasteiger charge is -2.24. The molecule has 7 nitrogen and oxygen atoms in total. The Hall–Kier alpha value is -2.05. The zero-order valence-electron chi connectivity index (χ0n) is 12.9. The first-order valence-electron chi connectivity index (χ1n) is 7.70. The molecule has 2 fully saturated rings. The fraction of sp³-hybridized carbons (Fsp3) is 0.667. The second-order valence-electron chi connectivity index (χ2n) is 5.98. The highest BCUT2D eigenvalue weighted by molar-refractivity contribution is 5.91. The summed E-state index contributed by atoms with van der Waals surface area (Å²) in [6, 6.07) is -0.295. The Morgan fingerprint density at radius 2 is 2.18 bits per heavy atom. The fourth-order valence-corrected chi connectivity index (χ4v) is 2.93. The maximum atomic E-state index is 12.5. The summed E-state index contributed by atoms with van der Waals surface area (Å²) in [7, 11) is 1.37. The van der Waals surface area contributed by atoms with Gasteiger partial charge in [-0.15, -0.1) is 0 Å². The average molecular weight is 307 g/mol. The zero-order chi connectivity index (χ0) is 15.7. The minimum absolute atomic E-state index is 0.100. The van der Waals surface area contributed by atoms with Crippen molar-refractivity contribution in [1.82, 2.24) is 10.1 Å². The van der Waals surface area contributed by atoms with E-state index >= 15 is 0 Å². The van der Waals surface area contributed by atoms with E-state index in [9.17, 15) is 9.59 Å². The summed E-state index contributed by atoms with van der Waals surface area (Å²) in [5, 5.41) is 6.88. The number of rotatable bonds is 4. The highest BCUT2D eigenvalue weighted by Gasteiger charge is 2.35. The third-order valence-corrected chi connectivity index (χ3v) is 4.34. The SMILES string of the molecule is COC(=O)CC1CCCN1C(=O)Nc1c(C)noc1C1CC1. The number of hydrogen-bond donors (Lipinski definition) is 1. The molecule has 0 radical (unpaired) electrons. The van der Waals surface area contributed by atoms with E-state index in [1.54, 1.807) is 4.90 Å². The number of nitrogens with one attached hydrogen (secondary N) is 1. The van der Waals surface area contributed by atoms with Crippen molar-refractivity contribution in [2.24, 2.45) is 0 Å². The number of aryl methyl sites for hydroxylation is 1. The number of carbonyl (C=O) groups is 2. The third-order valence-electron chi connectivity index (χ3n) is 4.34. The summed E-state index contributed by atoms with van der Waals surface area (Å²) in [5.41, 5.74) is 1.38. The molecule has 2 heterocycles.